The molecular weight excluding hydrogens is 877 g/mol. The molecule has 71 heavy (non-hydrogen) atoms. The number of carbonyl (C=O) groups excluding carboxylic acids is 3. The average Bonchev–Trinajstić information content (AvgIpc) is 3.37. The SMILES string of the molecule is CC/C=C\C/C=C\C/C=C\C/C=C\CCCCCCC(=O)OC[C@H](COC(=O)CCC/C=C\C/C=C\C/C=C\CCCCCCCC)OC(=O)CCCCCCCCCCC/C=C\CCCCCCCC. The first-order chi connectivity index (χ1) is 35.0. The summed E-state index contributed by atoms with van der Waals surface area (Å²) in [6.45, 7) is 6.46. The van der Waals surface area contributed by atoms with Gasteiger partial charge in [-0.05, 0) is 116 Å². The van der Waals surface area contributed by atoms with Gasteiger partial charge in [-0.2, -0.15) is 0 Å². The summed E-state index contributed by atoms with van der Waals surface area (Å²) in [6, 6.07) is 0. The highest BCUT2D eigenvalue weighted by Gasteiger charge is 2.19. The van der Waals surface area contributed by atoms with Crippen LogP contribution in [0.2, 0.25) is 0 Å². The van der Waals surface area contributed by atoms with Crippen molar-refractivity contribution in [3.8, 4) is 0 Å². The number of ether oxygens (including phenoxy) is 3. The minimum Gasteiger partial charge on any atom is -0.462 e. The molecule has 0 fully saturated rings. The molecule has 6 heteroatoms. The van der Waals surface area contributed by atoms with E-state index in [1.165, 1.54) is 135 Å². The number of hydrogen-bond acceptors (Lipinski definition) is 6. The molecule has 0 saturated carbocycles. The van der Waals surface area contributed by atoms with Crippen molar-refractivity contribution in [1.29, 1.82) is 0 Å². The summed E-state index contributed by atoms with van der Waals surface area (Å²) in [6.07, 6.45) is 78.3. The zero-order chi connectivity index (χ0) is 51.4. The maximum absolute atomic E-state index is 12.9. The topological polar surface area (TPSA) is 78.9 Å². The highest BCUT2D eigenvalue weighted by atomic mass is 16.6. The summed E-state index contributed by atoms with van der Waals surface area (Å²) >= 11 is 0. The molecule has 0 amide bonds. The third-order valence-electron chi connectivity index (χ3n) is 12.5. The highest BCUT2D eigenvalue weighted by Crippen LogP contribution is 2.15. The molecule has 406 valence electrons. The lowest BCUT2D eigenvalue weighted by atomic mass is 10.1. The van der Waals surface area contributed by atoms with E-state index in [-0.39, 0.29) is 37.5 Å². The van der Waals surface area contributed by atoms with E-state index in [2.05, 4.69) is 118 Å². The summed E-state index contributed by atoms with van der Waals surface area (Å²) in [7, 11) is 0. The van der Waals surface area contributed by atoms with E-state index in [0.717, 1.165) is 96.3 Å². The summed E-state index contributed by atoms with van der Waals surface area (Å²) < 4.78 is 16.8. The molecule has 0 N–H and O–H groups in total. The van der Waals surface area contributed by atoms with Crippen LogP contribution in [-0.2, 0) is 28.6 Å². The molecule has 0 rings (SSSR count). The van der Waals surface area contributed by atoms with Crippen LogP contribution >= 0.6 is 0 Å². The molecule has 0 aliphatic heterocycles. The van der Waals surface area contributed by atoms with E-state index in [1.807, 2.05) is 0 Å². The van der Waals surface area contributed by atoms with Gasteiger partial charge in [-0.25, -0.2) is 0 Å². The lowest BCUT2D eigenvalue weighted by Gasteiger charge is -2.18. The quantitative estimate of drug-likeness (QED) is 0.0261. The Hall–Kier alpha value is -3.67. The second-order valence-corrected chi connectivity index (χ2v) is 19.5. The number of unbranched alkanes of at least 4 members (excludes halogenated alkanes) is 26. The van der Waals surface area contributed by atoms with E-state index in [0.29, 0.717) is 19.3 Å². The van der Waals surface area contributed by atoms with Crippen molar-refractivity contribution in [1.82, 2.24) is 0 Å². The maximum atomic E-state index is 12.9. The molecule has 0 radical (unpaired) electrons. The molecule has 0 bridgehead atoms. The van der Waals surface area contributed by atoms with Gasteiger partial charge < -0.3 is 14.2 Å². The van der Waals surface area contributed by atoms with Gasteiger partial charge >= 0.3 is 17.9 Å². The van der Waals surface area contributed by atoms with Gasteiger partial charge in [-0.3, -0.25) is 14.4 Å². The van der Waals surface area contributed by atoms with Crippen molar-refractivity contribution >= 4 is 17.9 Å². The molecular formula is C65H110O6. The largest absolute Gasteiger partial charge is 0.462 e. The Morgan fingerprint density at radius 1 is 0.296 bits per heavy atom. The molecule has 0 aromatic carbocycles. The summed E-state index contributed by atoms with van der Waals surface area (Å²) in [5, 5.41) is 0. The van der Waals surface area contributed by atoms with Gasteiger partial charge in [-0.1, -0.05) is 240 Å². The van der Waals surface area contributed by atoms with Gasteiger partial charge in [0.05, 0.1) is 0 Å². The van der Waals surface area contributed by atoms with Crippen LogP contribution in [0.15, 0.2) is 97.2 Å². The van der Waals surface area contributed by atoms with Gasteiger partial charge in [0.1, 0.15) is 13.2 Å². The second kappa shape index (κ2) is 58.9. The van der Waals surface area contributed by atoms with Crippen LogP contribution in [0.5, 0.6) is 0 Å². The second-order valence-electron chi connectivity index (χ2n) is 19.5. The molecule has 0 aliphatic carbocycles. The number of carbonyl (C=O) groups is 3. The fourth-order valence-electron chi connectivity index (χ4n) is 8.09. The number of esters is 3. The van der Waals surface area contributed by atoms with E-state index in [9.17, 15) is 14.4 Å². The van der Waals surface area contributed by atoms with E-state index in [1.54, 1.807) is 0 Å². The van der Waals surface area contributed by atoms with Gasteiger partial charge in [0.25, 0.3) is 0 Å². The van der Waals surface area contributed by atoms with Crippen LogP contribution in [0.3, 0.4) is 0 Å². The monoisotopic (exact) mass is 987 g/mol. The predicted octanol–water partition coefficient (Wildman–Crippen LogP) is 20.1. The van der Waals surface area contributed by atoms with Crippen LogP contribution in [0.25, 0.3) is 0 Å². The van der Waals surface area contributed by atoms with Crippen molar-refractivity contribution in [2.75, 3.05) is 13.2 Å². The Balaban J connectivity index is 4.49. The van der Waals surface area contributed by atoms with E-state index < -0.39 is 6.10 Å². The summed E-state index contributed by atoms with van der Waals surface area (Å²) in [4.78, 5) is 38.2. The number of hydrogen-bond donors (Lipinski definition) is 0. The molecule has 1 atom stereocenters. The standard InChI is InChI=1S/C65H110O6/c1-4-7-10-13-16-19-22-25-28-31-32-35-38-41-44-47-50-53-56-59-65(68)71-62(60-69-63(66)57-54-51-48-45-42-39-36-33-29-26-23-20-17-14-11-8-5-2)61-70-64(67)58-55-52-49-46-43-40-37-34-30-27-24-21-18-15-12-9-6-3/h8,11,17,20,25-30,36-37,39-40,46,49,62H,4-7,9-10,12-16,18-19,21-24,31-35,38,41-45,47-48,50-61H2,1-3H3/b11-8-,20-17-,28-25-,29-26-,30-27-,39-36-,40-37-,49-46-/t62-/m1/s1. The van der Waals surface area contributed by atoms with Crippen molar-refractivity contribution in [2.24, 2.45) is 0 Å². The normalized spacial score (nSPS) is 12.8. The van der Waals surface area contributed by atoms with Crippen LogP contribution < -0.4 is 0 Å². The number of allylic oxidation sites excluding steroid dienone is 16. The number of rotatable bonds is 53. The highest BCUT2D eigenvalue weighted by molar-refractivity contribution is 5.71. The molecule has 0 aromatic rings. The summed E-state index contributed by atoms with van der Waals surface area (Å²) in [5.74, 6) is -0.979. The maximum Gasteiger partial charge on any atom is 0.306 e. The molecule has 0 heterocycles. The average molecular weight is 988 g/mol. The third-order valence-corrected chi connectivity index (χ3v) is 12.5. The minimum absolute atomic E-state index is 0.107. The molecule has 0 aromatic heterocycles. The fourth-order valence-corrected chi connectivity index (χ4v) is 8.09. The third kappa shape index (κ3) is 57.1. The van der Waals surface area contributed by atoms with Crippen molar-refractivity contribution in [2.45, 2.75) is 284 Å². The summed E-state index contributed by atoms with van der Waals surface area (Å²) in [5.41, 5.74) is 0. The Morgan fingerprint density at radius 2 is 0.563 bits per heavy atom. The zero-order valence-electron chi connectivity index (χ0n) is 46.5. The van der Waals surface area contributed by atoms with Gasteiger partial charge in [0.15, 0.2) is 6.10 Å². The Labute approximate surface area is 438 Å². The van der Waals surface area contributed by atoms with E-state index >= 15 is 0 Å². The van der Waals surface area contributed by atoms with Crippen LogP contribution in [0.4, 0.5) is 0 Å². The lowest BCUT2D eigenvalue weighted by Crippen LogP contribution is -2.30. The smallest absolute Gasteiger partial charge is 0.306 e. The lowest BCUT2D eigenvalue weighted by molar-refractivity contribution is -0.167. The van der Waals surface area contributed by atoms with Crippen LogP contribution in [0, 0.1) is 0 Å². The molecule has 0 spiro atoms. The molecule has 0 aliphatic rings. The van der Waals surface area contributed by atoms with Crippen molar-refractivity contribution in [3.63, 3.8) is 0 Å². The van der Waals surface area contributed by atoms with Crippen molar-refractivity contribution < 1.29 is 28.6 Å². The first kappa shape index (κ1) is 67.3. The van der Waals surface area contributed by atoms with Crippen molar-refractivity contribution in [3.05, 3.63) is 97.2 Å². The first-order valence-electron chi connectivity index (χ1n) is 29.7. The van der Waals surface area contributed by atoms with Crippen LogP contribution in [0.1, 0.15) is 278 Å². The van der Waals surface area contributed by atoms with Gasteiger partial charge in [0, 0.05) is 19.3 Å². The predicted molar refractivity (Wildman–Crippen MR) is 307 cm³/mol. The Morgan fingerprint density at radius 3 is 0.930 bits per heavy atom. The fraction of sp³-hybridized carbons (Fsp3) is 0.708. The van der Waals surface area contributed by atoms with Gasteiger partial charge in [0.2, 0.25) is 0 Å². The molecule has 0 saturated heterocycles. The van der Waals surface area contributed by atoms with E-state index in [4.69, 9.17) is 14.2 Å². The Bertz CT molecular complexity index is 1410. The molecule has 0 unspecified atom stereocenters. The van der Waals surface area contributed by atoms with Crippen LogP contribution in [-0.4, -0.2) is 37.2 Å². The molecule has 6 nitrogen and oxygen atoms in total. The van der Waals surface area contributed by atoms with Gasteiger partial charge in [-0.15, -0.1) is 0 Å². The zero-order valence-corrected chi connectivity index (χ0v) is 46.5. The minimum atomic E-state index is -0.811. The Kier molecular flexibility index (Phi) is 55.9. The first-order valence-corrected chi connectivity index (χ1v) is 29.7.